The smallest absolute Gasteiger partial charge is 0.287 e. The molecule has 92 valence electrons. The standard InChI is InChI=1S/C15H12N3O/c1-17-7-9-3-6-12-14-11(16-8-18(12)2)5-4-10(13(9)14)15(17)19/h3-8H,1-2H3/q+1. The predicted octanol–water partition coefficient (Wildman–Crippen LogP) is 1.50. The van der Waals surface area contributed by atoms with Gasteiger partial charge in [0.15, 0.2) is 5.52 Å². The molecule has 0 atom stereocenters. The van der Waals surface area contributed by atoms with Gasteiger partial charge < -0.3 is 4.57 Å². The third kappa shape index (κ3) is 1.20. The number of hydrogen-bond donors (Lipinski definition) is 0. The van der Waals surface area contributed by atoms with Crippen LogP contribution in [0.25, 0.3) is 32.6 Å². The minimum Gasteiger partial charge on any atom is -0.317 e. The van der Waals surface area contributed by atoms with E-state index >= 15 is 0 Å². The highest BCUT2D eigenvalue weighted by Crippen LogP contribution is 2.29. The highest BCUT2D eigenvalue weighted by molar-refractivity contribution is 6.20. The minimum atomic E-state index is 0.0356. The Morgan fingerprint density at radius 3 is 2.84 bits per heavy atom. The summed E-state index contributed by atoms with van der Waals surface area (Å²) in [5.74, 6) is 0. The van der Waals surface area contributed by atoms with E-state index in [9.17, 15) is 4.79 Å². The Hall–Kier alpha value is -2.49. The van der Waals surface area contributed by atoms with Crippen molar-refractivity contribution in [2.24, 2.45) is 14.1 Å². The van der Waals surface area contributed by atoms with Crippen LogP contribution in [0, 0.1) is 0 Å². The quantitative estimate of drug-likeness (QED) is 0.350. The molecule has 0 bridgehead atoms. The van der Waals surface area contributed by atoms with Gasteiger partial charge in [-0.3, -0.25) is 4.79 Å². The average molecular weight is 250 g/mol. The number of pyridine rings is 1. The van der Waals surface area contributed by atoms with E-state index in [0.29, 0.717) is 0 Å². The highest BCUT2D eigenvalue weighted by Gasteiger charge is 2.16. The van der Waals surface area contributed by atoms with Gasteiger partial charge in [0.05, 0.1) is 12.4 Å². The lowest BCUT2D eigenvalue weighted by Crippen LogP contribution is -2.29. The molecule has 2 aromatic carbocycles. The zero-order valence-electron chi connectivity index (χ0n) is 10.7. The van der Waals surface area contributed by atoms with Gasteiger partial charge in [0.1, 0.15) is 5.52 Å². The van der Waals surface area contributed by atoms with Crippen molar-refractivity contribution in [3.05, 3.63) is 47.1 Å². The Kier molecular flexibility index (Phi) is 1.81. The Morgan fingerprint density at radius 2 is 2.00 bits per heavy atom. The van der Waals surface area contributed by atoms with Crippen LogP contribution >= 0.6 is 0 Å². The fraction of sp³-hybridized carbons (Fsp3) is 0.133. The van der Waals surface area contributed by atoms with Crippen LogP contribution in [0.15, 0.2) is 41.6 Å². The summed E-state index contributed by atoms with van der Waals surface area (Å²) in [7, 11) is 3.76. The van der Waals surface area contributed by atoms with Crippen molar-refractivity contribution >= 4 is 32.6 Å². The van der Waals surface area contributed by atoms with Crippen molar-refractivity contribution in [3.63, 3.8) is 0 Å². The Bertz CT molecular complexity index is 1000. The van der Waals surface area contributed by atoms with Crippen LogP contribution in [0.5, 0.6) is 0 Å². The van der Waals surface area contributed by atoms with Gasteiger partial charge >= 0.3 is 0 Å². The Balaban J connectivity index is 2.48. The van der Waals surface area contributed by atoms with Crippen molar-refractivity contribution in [3.8, 4) is 0 Å². The maximum absolute atomic E-state index is 12.3. The van der Waals surface area contributed by atoms with Gasteiger partial charge in [-0.1, -0.05) is 0 Å². The molecule has 0 amide bonds. The molecule has 0 fully saturated rings. The van der Waals surface area contributed by atoms with E-state index in [1.807, 2.05) is 29.9 Å². The second-order valence-electron chi connectivity index (χ2n) is 4.96. The van der Waals surface area contributed by atoms with E-state index in [1.54, 1.807) is 17.9 Å². The summed E-state index contributed by atoms with van der Waals surface area (Å²) in [4.78, 5) is 16.7. The van der Waals surface area contributed by atoms with Crippen molar-refractivity contribution in [1.29, 1.82) is 0 Å². The zero-order chi connectivity index (χ0) is 13.1. The van der Waals surface area contributed by atoms with Crippen LogP contribution in [0.1, 0.15) is 0 Å². The molecule has 0 saturated carbocycles. The molecular formula is C15H12N3O+. The first-order chi connectivity index (χ1) is 9.16. The third-order valence-corrected chi connectivity index (χ3v) is 3.78. The van der Waals surface area contributed by atoms with E-state index in [4.69, 9.17) is 0 Å². The first-order valence-electron chi connectivity index (χ1n) is 6.15. The third-order valence-electron chi connectivity index (χ3n) is 3.78. The highest BCUT2D eigenvalue weighted by atomic mass is 16.1. The van der Waals surface area contributed by atoms with Crippen LogP contribution in [-0.2, 0) is 14.1 Å². The van der Waals surface area contributed by atoms with Gasteiger partial charge in [-0.15, -0.1) is 0 Å². The maximum atomic E-state index is 12.3. The van der Waals surface area contributed by atoms with Crippen LogP contribution in [0.4, 0.5) is 0 Å². The monoisotopic (exact) mass is 250 g/mol. The minimum absolute atomic E-state index is 0.0356. The van der Waals surface area contributed by atoms with Crippen molar-refractivity contribution in [1.82, 2.24) is 9.55 Å². The summed E-state index contributed by atoms with van der Waals surface area (Å²) >= 11 is 0. The summed E-state index contributed by atoms with van der Waals surface area (Å²) in [5.41, 5.74) is 2.06. The molecular weight excluding hydrogens is 238 g/mol. The predicted molar refractivity (Wildman–Crippen MR) is 74.4 cm³/mol. The van der Waals surface area contributed by atoms with Crippen LogP contribution in [0.2, 0.25) is 0 Å². The fourth-order valence-corrected chi connectivity index (χ4v) is 2.84. The molecule has 2 heterocycles. The van der Waals surface area contributed by atoms with E-state index in [-0.39, 0.29) is 5.56 Å². The van der Waals surface area contributed by atoms with Gasteiger partial charge in [0, 0.05) is 24.0 Å². The number of hydrogen-bond acceptors (Lipinski definition) is 2. The molecule has 0 aliphatic carbocycles. The maximum Gasteiger partial charge on any atom is 0.287 e. The number of benzene rings is 2. The second-order valence-corrected chi connectivity index (χ2v) is 4.96. The van der Waals surface area contributed by atoms with Crippen LogP contribution in [-0.4, -0.2) is 9.55 Å². The molecule has 0 N–H and O–H groups in total. The van der Waals surface area contributed by atoms with Gasteiger partial charge in [-0.25, -0.2) is 4.57 Å². The second kappa shape index (κ2) is 3.29. The Labute approximate surface area is 108 Å². The molecule has 4 aromatic rings. The average Bonchev–Trinajstić information content (AvgIpc) is 2.42. The number of rotatable bonds is 0. The molecule has 0 aliphatic rings. The fourth-order valence-electron chi connectivity index (χ4n) is 2.84. The molecule has 19 heavy (non-hydrogen) atoms. The van der Waals surface area contributed by atoms with E-state index in [2.05, 4.69) is 17.1 Å². The van der Waals surface area contributed by atoms with Gasteiger partial charge in [0.25, 0.3) is 11.9 Å². The molecule has 4 rings (SSSR count). The summed E-state index contributed by atoms with van der Waals surface area (Å²) in [5, 5.41) is 3.91. The van der Waals surface area contributed by atoms with Crippen LogP contribution in [0.3, 0.4) is 0 Å². The molecule has 4 heteroatoms. The summed E-state index contributed by atoms with van der Waals surface area (Å²) in [6, 6.07) is 7.94. The molecule has 0 unspecified atom stereocenters. The summed E-state index contributed by atoms with van der Waals surface area (Å²) in [6.45, 7) is 0. The summed E-state index contributed by atoms with van der Waals surface area (Å²) < 4.78 is 3.62. The normalized spacial score (nSPS) is 11.9. The number of aromatic nitrogens is 3. The van der Waals surface area contributed by atoms with Crippen molar-refractivity contribution in [2.75, 3.05) is 0 Å². The first-order valence-corrected chi connectivity index (χ1v) is 6.15. The lowest BCUT2D eigenvalue weighted by Gasteiger charge is -2.09. The summed E-state index contributed by atoms with van der Waals surface area (Å²) in [6.07, 6.45) is 3.69. The molecule has 0 saturated heterocycles. The van der Waals surface area contributed by atoms with Gasteiger partial charge in [-0.2, -0.15) is 0 Å². The molecule has 2 aromatic heterocycles. The van der Waals surface area contributed by atoms with Gasteiger partial charge in [-0.05, 0) is 34.6 Å². The first kappa shape index (κ1) is 10.4. The lowest BCUT2D eigenvalue weighted by molar-refractivity contribution is -0.647. The molecule has 0 aliphatic heterocycles. The van der Waals surface area contributed by atoms with Gasteiger partial charge in [0.2, 0.25) is 0 Å². The molecule has 4 nitrogen and oxygen atoms in total. The lowest BCUT2D eigenvalue weighted by atomic mass is 10.0. The van der Waals surface area contributed by atoms with E-state index < -0.39 is 0 Å². The van der Waals surface area contributed by atoms with E-state index in [0.717, 1.165) is 32.6 Å². The van der Waals surface area contributed by atoms with Crippen LogP contribution < -0.4 is 10.1 Å². The topological polar surface area (TPSA) is 38.8 Å². The largest absolute Gasteiger partial charge is 0.317 e. The zero-order valence-corrected chi connectivity index (χ0v) is 10.7. The number of nitrogens with zero attached hydrogens (tertiary/aromatic N) is 3. The SMILES string of the molecule is Cn1cc2ccc3c4c(ccc(c1=O)c24)nc[n+]3C. The van der Waals surface area contributed by atoms with E-state index in [1.165, 1.54) is 0 Å². The Morgan fingerprint density at radius 1 is 1.16 bits per heavy atom. The molecule has 0 radical (unpaired) electrons. The molecule has 0 spiro atoms. The van der Waals surface area contributed by atoms with Crippen molar-refractivity contribution < 1.29 is 4.57 Å². The van der Waals surface area contributed by atoms with Crippen molar-refractivity contribution in [2.45, 2.75) is 0 Å². The number of aryl methyl sites for hydroxylation is 2.